The first-order valence-electron chi connectivity index (χ1n) is 7.87. The highest BCUT2D eigenvalue weighted by molar-refractivity contribution is 6.01. The van der Waals surface area contributed by atoms with Crippen LogP contribution in [0.25, 0.3) is 6.08 Å². The zero-order valence-electron chi connectivity index (χ0n) is 13.5. The van der Waals surface area contributed by atoms with Gasteiger partial charge in [0.2, 0.25) is 5.91 Å². The number of aryl methyl sites for hydroxylation is 2. The molecule has 3 aromatic rings. The summed E-state index contributed by atoms with van der Waals surface area (Å²) in [7, 11) is 0. The van der Waals surface area contributed by atoms with Gasteiger partial charge in [-0.2, -0.15) is 5.10 Å². The SMILES string of the molecule is O=C(C=Cc1ccc(F)cc1)Nc1ccn(CCc2ccccn2)n1. The Kier molecular flexibility index (Phi) is 5.31. The Morgan fingerprint density at radius 3 is 2.76 bits per heavy atom. The van der Waals surface area contributed by atoms with E-state index < -0.39 is 0 Å². The van der Waals surface area contributed by atoms with Crippen LogP contribution in [0, 0.1) is 5.82 Å². The minimum Gasteiger partial charge on any atom is -0.306 e. The van der Waals surface area contributed by atoms with Crippen molar-refractivity contribution in [2.75, 3.05) is 5.32 Å². The molecule has 0 bridgehead atoms. The van der Waals surface area contributed by atoms with Crippen LogP contribution in [-0.4, -0.2) is 20.7 Å². The molecule has 2 heterocycles. The number of hydrogen-bond acceptors (Lipinski definition) is 3. The van der Waals surface area contributed by atoms with Gasteiger partial charge in [-0.1, -0.05) is 18.2 Å². The maximum Gasteiger partial charge on any atom is 0.249 e. The van der Waals surface area contributed by atoms with E-state index in [1.165, 1.54) is 18.2 Å². The van der Waals surface area contributed by atoms with Gasteiger partial charge >= 0.3 is 0 Å². The summed E-state index contributed by atoms with van der Waals surface area (Å²) >= 11 is 0. The highest BCUT2D eigenvalue weighted by atomic mass is 19.1. The van der Waals surface area contributed by atoms with Crippen LogP contribution in [0.3, 0.4) is 0 Å². The topological polar surface area (TPSA) is 59.8 Å². The largest absolute Gasteiger partial charge is 0.306 e. The second-order valence-electron chi connectivity index (χ2n) is 5.41. The van der Waals surface area contributed by atoms with Crippen molar-refractivity contribution in [1.29, 1.82) is 0 Å². The van der Waals surface area contributed by atoms with Gasteiger partial charge in [0.05, 0.1) is 0 Å². The molecule has 2 aromatic heterocycles. The van der Waals surface area contributed by atoms with Gasteiger partial charge in [0.25, 0.3) is 0 Å². The zero-order chi connectivity index (χ0) is 17.5. The monoisotopic (exact) mass is 336 g/mol. The Morgan fingerprint density at radius 1 is 1.16 bits per heavy atom. The van der Waals surface area contributed by atoms with Crippen LogP contribution >= 0.6 is 0 Å². The lowest BCUT2D eigenvalue weighted by Gasteiger charge is -2.01. The van der Waals surface area contributed by atoms with Crippen LogP contribution in [0.2, 0.25) is 0 Å². The van der Waals surface area contributed by atoms with E-state index in [1.54, 1.807) is 35.2 Å². The summed E-state index contributed by atoms with van der Waals surface area (Å²) in [5, 5.41) is 7.00. The van der Waals surface area contributed by atoms with Crippen molar-refractivity contribution in [2.45, 2.75) is 13.0 Å². The summed E-state index contributed by atoms with van der Waals surface area (Å²) in [5.74, 6) is -0.119. The van der Waals surface area contributed by atoms with E-state index in [0.717, 1.165) is 17.7 Å². The number of amides is 1. The quantitative estimate of drug-likeness (QED) is 0.703. The molecule has 3 rings (SSSR count). The molecule has 5 nitrogen and oxygen atoms in total. The van der Waals surface area contributed by atoms with Crippen LogP contribution in [0.15, 0.2) is 67.0 Å². The summed E-state index contributed by atoms with van der Waals surface area (Å²) in [6, 6.07) is 13.4. The van der Waals surface area contributed by atoms with E-state index in [-0.39, 0.29) is 11.7 Å². The third-order valence-electron chi connectivity index (χ3n) is 3.51. The molecule has 0 radical (unpaired) electrons. The van der Waals surface area contributed by atoms with Crippen LogP contribution in [0.1, 0.15) is 11.3 Å². The van der Waals surface area contributed by atoms with Gasteiger partial charge < -0.3 is 5.32 Å². The van der Waals surface area contributed by atoms with Crippen LogP contribution in [0.5, 0.6) is 0 Å². The number of carbonyl (C=O) groups is 1. The van der Waals surface area contributed by atoms with Crippen molar-refractivity contribution in [1.82, 2.24) is 14.8 Å². The molecular formula is C19H17FN4O. The molecule has 0 aliphatic rings. The number of anilines is 1. The van der Waals surface area contributed by atoms with Gasteiger partial charge in [0.15, 0.2) is 5.82 Å². The Balaban J connectivity index is 1.52. The number of nitrogens with zero attached hydrogens (tertiary/aromatic N) is 3. The first-order valence-corrected chi connectivity index (χ1v) is 7.87. The standard InChI is InChI=1S/C19H17FN4O/c20-16-7-4-15(5-8-16)6-9-19(25)22-18-11-14-24(23-18)13-10-17-3-1-2-12-21-17/h1-9,11-12,14H,10,13H2,(H,22,23,25). The van der Waals surface area contributed by atoms with Crippen LogP contribution in [0.4, 0.5) is 10.2 Å². The normalized spacial score (nSPS) is 10.9. The van der Waals surface area contributed by atoms with Crippen molar-refractivity contribution in [3.8, 4) is 0 Å². The number of carbonyl (C=O) groups excluding carboxylic acids is 1. The smallest absolute Gasteiger partial charge is 0.249 e. The lowest BCUT2D eigenvalue weighted by atomic mass is 10.2. The van der Waals surface area contributed by atoms with E-state index >= 15 is 0 Å². The lowest BCUT2D eigenvalue weighted by molar-refractivity contribution is -0.111. The molecule has 0 fully saturated rings. The van der Waals surface area contributed by atoms with Gasteiger partial charge in [-0.15, -0.1) is 0 Å². The molecular weight excluding hydrogens is 319 g/mol. The molecule has 1 aromatic carbocycles. The fraction of sp³-hybridized carbons (Fsp3) is 0.105. The minimum absolute atomic E-state index is 0.292. The van der Waals surface area contributed by atoms with Crippen LogP contribution in [-0.2, 0) is 17.8 Å². The fourth-order valence-corrected chi connectivity index (χ4v) is 2.24. The van der Waals surface area contributed by atoms with Gasteiger partial charge in [-0.3, -0.25) is 14.5 Å². The molecule has 6 heteroatoms. The van der Waals surface area contributed by atoms with E-state index in [2.05, 4.69) is 15.4 Å². The molecule has 0 aliphatic carbocycles. The summed E-state index contributed by atoms with van der Waals surface area (Å²) < 4.78 is 14.6. The molecule has 25 heavy (non-hydrogen) atoms. The van der Waals surface area contributed by atoms with E-state index in [0.29, 0.717) is 12.4 Å². The molecule has 0 spiro atoms. The summed E-state index contributed by atoms with van der Waals surface area (Å²) in [6.07, 6.45) is 7.34. The average Bonchev–Trinajstić information content (AvgIpc) is 3.08. The third kappa shape index (κ3) is 5.10. The van der Waals surface area contributed by atoms with E-state index in [9.17, 15) is 9.18 Å². The summed E-state index contributed by atoms with van der Waals surface area (Å²) in [5.41, 5.74) is 1.74. The number of halogens is 1. The molecule has 0 saturated heterocycles. The third-order valence-corrected chi connectivity index (χ3v) is 3.51. The first kappa shape index (κ1) is 16.6. The molecule has 0 atom stereocenters. The Labute approximate surface area is 144 Å². The van der Waals surface area contributed by atoms with E-state index in [4.69, 9.17) is 0 Å². The van der Waals surface area contributed by atoms with Crippen molar-refractivity contribution in [2.24, 2.45) is 0 Å². The van der Waals surface area contributed by atoms with E-state index in [1.807, 2.05) is 24.4 Å². The lowest BCUT2D eigenvalue weighted by Crippen LogP contribution is -2.09. The van der Waals surface area contributed by atoms with Crippen molar-refractivity contribution in [3.63, 3.8) is 0 Å². The molecule has 1 amide bonds. The molecule has 1 N–H and O–H groups in total. The summed E-state index contributed by atoms with van der Waals surface area (Å²) in [4.78, 5) is 16.2. The molecule has 0 aliphatic heterocycles. The van der Waals surface area contributed by atoms with Gasteiger partial charge in [-0.05, 0) is 35.9 Å². The number of nitrogens with one attached hydrogen (secondary N) is 1. The highest BCUT2D eigenvalue weighted by Gasteiger charge is 2.03. The number of pyridine rings is 1. The predicted molar refractivity (Wildman–Crippen MR) is 94.2 cm³/mol. The van der Waals surface area contributed by atoms with Crippen molar-refractivity contribution < 1.29 is 9.18 Å². The maximum atomic E-state index is 12.8. The number of rotatable bonds is 6. The summed E-state index contributed by atoms with van der Waals surface area (Å²) in [6.45, 7) is 0.679. The Hall–Kier alpha value is -3.28. The van der Waals surface area contributed by atoms with Crippen LogP contribution < -0.4 is 5.32 Å². The maximum absolute atomic E-state index is 12.8. The predicted octanol–water partition coefficient (Wildman–Crippen LogP) is 3.31. The van der Waals surface area contributed by atoms with Gasteiger partial charge in [0, 0.05) is 43.2 Å². The number of aromatic nitrogens is 3. The highest BCUT2D eigenvalue weighted by Crippen LogP contribution is 2.07. The van der Waals surface area contributed by atoms with Crippen molar-refractivity contribution >= 4 is 17.8 Å². The second-order valence-corrected chi connectivity index (χ2v) is 5.41. The number of benzene rings is 1. The zero-order valence-corrected chi connectivity index (χ0v) is 13.5. The second kappa shape index (κ2) is 8.01. The average molecular weight is 336 g/mol. The van der Waals surface area contributed by atoms with Gasteiger partial charge in [-0.25, -0.2) is 4.39 Å². The Bertz CT molecular complexity index is 857. The molecule has 126 valence electrons. The Morgan fingerprint density at radius 2 is 2.00 bits per heavy atom. The fourth-order valence-electron chi connectivity index (χ4n) is 2.24. The van der Waals surface area contributed by atoms with Gasteiger partial charge in [0.1, 0.15) is 5.82 Å². The molecule has 0 saturated carbocycles. The molecule has 0 unspecified atom stereocenters. The number of hydrogen-bond donors (Lipinski definition) is 1. The first-order chi connectivity index (χ1) is 12.2. The van der Waals surface area contributed by atoms with Crippen molar-refractivity contribution in [3.05, 3.63) is 84.1 Å². The minimum atomic E-state index is -0.308.